The van der Waals surface area contributed by atoms with E-state index in [-0.39, 0.29) is 5.56 Å². The van der Waals surface area contributed by atoms with E-state index in [1.165, 1.54) is 0 Å². The van der Waals surface area contributed by atoms with E-state index in [2.05, 4.69) is 4.90 Å². The molecule has 1 aliphatic rings. The Hall–Kier alpha value is -1.55. The fourth-order valence-electron chi connectivity index (χ4n) is 2.23. The molecule has 0 aromatic heterocycles. The van der Waals surface area contributed by atoms with Crippen molar-refractivity contribution < 1.29 is 14.6 Å². The Kier molecular flexibility index (Phi) is 3.33. The highest BCUT2D eigenvalue weighted by Crippen LogP contribution is 2.34. The van der Waals surface area contributed by atoms with Crippen molar-refractivity contribution in [3.05, 3.63) is 29.3 Å². The molecule has 92 valence electrons. The summed E-state index contributed by atoms with van der Waals surface area (Å²) < 4.78 is 5.54. The summed E-state index contributed by atoms with van der Waals surface area (Å²) >= 11 is 0. The van der Waals surface area contributed by atoms with Gasteiger partial charge in [-0.15, -0.1) is 0 Å². The van der Waals surface area contributed by atoms with Gasteiger partial charge < -0.3 is 14.7 Å². The number of ether oxygens (including phenoxy) is 1. The Morgan fingerprint density at radius 1 is 1.53 bits per heavy atom. The van der Waals surface area contributed by atoms with Gasteiger partial charge in [-0.3, -0.25) is 0 Å². The third-order valence-electron chi connectivity index (χ3n) is 3.01. The third-order valence-corrected chi connectivity index (χ3v) is 3.01. The number of carboxylic acid groups (broad SMARTS) is 1. The molecular weight excluding hydrogens is 218 g/mol. The van der Waals surface area contributed by atoms with Crippen LogP contribution in [-0.2, 0) is 0 Å². The highest BCUT2D eigenvalue weighted by molar-refractivity contribution is 5.88. The molecule has 1 aliphatic heterocycles. The molecule has 1 atom stereocenters. The zero-order chi connectivity index (χ0) is 12.4. The van der Waals surface area contributed by atoms with Crippen molar-refractivity contribution in [1.29, 1.82) is 0 Å². The standard InChI is InChI=1S/C13H17NO3/c1-14(2)8-10-5-6-17-12-7-9(13(15)16)3-4-11(10)12/h3-4,7,10H,5-6,8H2,1-2H3,(H,15,16). The summed E-state index contributed by atoms with van der Waals surface area (Å²) in [4.78, 5) is 13.0. The quantitative estimate of drug-likeness (QED) is 0.868. The van der Waals surface area contributed by atoms with Gasteiger partial charge in [0, 0.05) is 12.5 Å². The van der Waals surface area contributed by atoms with Crippen molar-refractivity contribution in [2.24, 2.45) is 0 Å². The second-order valence-corrected chi connectivity index (χ2v) is 4.65. The summed E-state index contributed by atoms with van der Waals surface area (Å²) in [6.45, 7) is 1.62. The van der Waals surface area contributed by atoms with E-state index in [4.69, 9.17) is 9.84 Å². The van der Waals surface area contributed by atoms with Crippen LogP contribution in [0.1, 0.15) is 28.3 Å². The molecule has 1 aromatic carbocycles. The van der Waals surface area contributed by atoms with Gasteiger partial charge in [0.1, 0.15) is 5.75 Å². The average molecular weight is 235 g/mol. The maximum Gasteiger partial charge on any atom is 0.335 e. The summed E-state index contributed by atoms with van der Waals surface area (Å²) in [5.41, 5.74) is 1.41. The molecule has 1 unspecified atom stereocenters. The highest BCUT2D eigenvalue weighted by atomic mass is 16.5. The fraction of sp³-hybridized carbons (Fsp3) is 0.462. The lowest BCUT2D eigenvalue weighted by Gasteiger charge is -2.28. The lowest BCUT2D eigenvalue weighted by molar-refractivity contribution is 0.0696. The zero-order valence-electron chi connectivity index (χ0n) is 10.1. The second kappa shape index (κ2) is 4.75. The molecule has 0 bridgehead atoms. The van der Waals surface area contributed by atoms with E-state index in [1.807, 2.05) is 20.2 Å². The molecule has 4 heteroatoms. The minimum atomic E-state index is -0.911. The Morgan fingerprint density at radius 2 is 2.29 bits per heavy atom. The lowest BCUT2D eigenvalue weighted by atomic mass is 9.92. The Bertz CT molecular complexity index is 429. The number of aromatic carboxylic acids is 1. The monoisotopic (exact) mass is 235 g/mol. The van der Waals surface area contributed by atoms with Crippen molar-refractivity contribution in [3.8, 4) is 5.75 Å². The van der Waals surface area contributed by atoms with Crippen LogP contribution in [0.15, 0.2) is 18.2 Å². The first-order chi connectivity index (χ1) is 8.08. The van der Waals surface area contributed by atoms with Gasteiger partial charge in [-0.25, -0.2) is 4.79 Å². The van der Waals surface area contributed by atoms with Crippen LogP contribution in [0.25, 0.3) is 0 Å². The molecule has 0 spiro atoms. The van der Waals surface area contributed by atoms with Gasteiger partial charge in [0.25, 0.3) is 0 Å². The van der Waals surface area contributed by atoms with Crippen LogP contribution >= 0.6 is 0 Å². The summed E-state index contributed by atoms with van der Waals surface area (Å²) in [5, 5.41) is 8.93. The van der Waals surface area contributed by atoms with Gasteiger partial charge in [0.05, 0.1) is 12.2 Å². The van der Waals surface area contributed by atoms with Gasteiger partial charge in [-0.05, 0) is 38.2 Å². The topological polar surface area (TPSA) is 49.8 Å². The molecular formula is C13H17NO3. The van der Waals surface area contributed by atoms with Crippen LogP contribution in [0.2, 0.25) is 0 Å². The van der Waals surface area contributed by atoms with Crippen LogP contribution in [0, 0.1) is 0 Å². The van der Waals surface area contributed by atoms with Gasteiger partial charge in [-0.1, -0.05) is 6.07 Å². The molecule has 0 fully saturated rings. The number of fused-ring (bicyclic) bond motifs is 1. The molecule has 1 N–H and O–H groups in total. The van der Waals surface area contributed by atoms with Crippen LogP contribution in [0.3, 0.4) is 0 Å². The lowest BCUT2D eigenvalue weighted by Crippen LogP contribution is -2.25. The third kappa shape index (κ3) is 2.58. The molecule has 0 radical (unpaired) electrons. The predicted molar refractivity (Wildman–Crippen MR) is 64.8 cm³/mol. The minimum Gasteiger partial charge on any atom is -0.493 e. The maximum atomic E-state index is 10.9. The van der Waals surface area contributed by atoms with E-state index < -0.39 is 5.97 Å². The van der Waals surface area contributed by atoms with Crippen molar-refractivity contribution in [3.63, 3.8) is 0 Å². The molecule has 2 rings (SSSR count). The van der Waals surface area contributed by atoms with Crippen LogP contribution < -0.4 is 4.74 Å². The number of hydrogen-bond acceptors (Lipinski definition) is 3. The van der Waals surface area contributed by atoms with E-state index in [9.17, 15) is 4.79 Å². The van der Waals surface area contributed by atoms with Gasteiger partial charge >= 0.3 is 5.97 Å². The van der Waals surface area contributed by atoms with Crippen LogP contribution in [0.4, 0.5) is 0 Å². The maximum absolute atomic E-state index is 10.9. The molecule has 1 heterocycles. The van der Waals surface area contributed by atoms with Crippen molar-refractivity contribution in [2.45, 2.75) is 12.3 Å². The first-order valence-electron chi connectivity index (χ1n) is 5.72. The van der Waals surface area contributed by atoms with Crippen molar-refractivity contribution in [1.82, 2.24) is 4.90 Å². The first-order valence-corrected chi connectivity index (χ1v) is 5.72. The van der Waals surface area contributed by atoms with Gasteiger partial charge in [-0.2, -0.15) is 0 Å². The van der Waals surface area contributed by atoms with Crippen LogP contribution in [-0.4, -0.2) is 43.2 Å². The normalized spacial score (nSPS) is 18.6. The van der Waals surface area contributed by atoms with Crippen LogP contribution in [0.5, 0.6) is 5.75 Å². The van der Waals surface area contributed by atoms with Gasteiger partial charge in [0.2, 0.25) is 0 Å². The number of hydrogen-bond donors (Lipinski definition) is 1. The van der Waals surface area contributed by atoms with E-state index in [0.29, 0.717) is 12.5 Å². The number of carbonyl (C=O) groups is 1. The molecule has 0 saturated heterocycles. The molecule has 17 heavy (non-hydrogen) atoms. The molecule has 0 aliphatic carbocycles. The second-order valence-electron chi connectivity index (χ2n) is 4.65. The first kappa shape index (κ1) is 11.9. The van der Waals surface area contributed by atoms with E-state index in [1.54, 1.807) is 12.1 Å². The summed E-state index contributed by atoms with van der Waals surface area (Å²) in [6.07, 6.45) is 0.984. The number of rotatable bonds is 3. The number of benzene rings is 1. The number of likely N-dealkylation sites (N-methyl/N-ethyl adjacent to an activating group) is 1. The van der Waals surface area contributed by atoms with Crippen molar-refractivity contribution in [2.75, 3.05) is 27.2 Å². The predicted octanol–water partition coefficient (Wildman–Crippen LogP) is 1.81. The van der Waals surface area contributed by atoms with Gasteiger partial charge in [0.15, 0.2) is 0 Å². The molecule has 0 amide bonds. The van der Waals surface area contributed by atoms with Crippen molar-refractivity contribution >= 4 is 5.97 Å². The Labute approximate surface area is 101 Å². The minimum absolute atomic E-state index is 0.286. The molecule has 0 saturated carbocycles. The van der Waals surface area contributed by atoms with E-state index in [0.717, 1.165) is 24.3 Å². The summed E-state index contributed by atoms with van der Waals surface area (Å²) in [5.74, 6) is 0.241. The van der Waals surface area contributed by atoms with E-state index >= 15 is 0 Å². The smallest absolute Gasteiger partial charge is 0.335 e. The number of nitrogens with zero attached hydrogens (tertiary/aromatic N) is 1. The average Bonchev–Trinajstić information content (AvgIpc) is 2.28. The molecule has 1 aromatic rings. The fourth-order valence-corrected chi connectivity index (χ4v) is 2.23. The zero-order valence-corrected chi connectivity index (χ0v) is 10.1. The molecule has 4 nitrogen and oxygen atoms in total. The summed E-state index contributed by atoms with van der Waals surface area (Å²) in [6, 6.07) is 5.16. The Balaban J connectivity index is 2.30. The highest BCUT2D eigenvalue weighted by Gasteiger charge is 2.22. The largest absolute Gasteiger partial charge is 0.493 e. The SMILES string of the molecule is CN(C)CC1CCOc2cc(C(=O)O)ccc21. The summed E-state index contributed by atoms with van der Waals surface area (Å²) in [7, 11) is 4.08. The Morgan fingerprint density at radius 3 is 2.94 bits per heavy atom. The number of carboxylic acids is 1.